The lowest BCUT2D eigenvalue weighted by Gasteiger charge is -2.16. The number of halogens is 3. The largest absolute Gasteiger partial charge is 0.490 e. The molecule has 158 valence electrons. The molecule has 3 rings (SSSR count). The first kappa shape index (κ1) is 22.4. The molecule has 0 radical (unpaired) electrons. The second-order valence-electron chi connectivity index (χ2n) is 6.19. The zero-order valence-electron chi connectivity index (χ0n) is 16.2. The Balaban J connectivity index is 1.74. The number of nitrogens with one attached hydrogen (secondary N) is 1. The van der Waals surface area contributed by atoms with Crippen molar-refractivity contribution in [1.82, 2.24) is 20.2 Å². The van der Waals surface area contributed by atoms with Gasteiger partial charge in [0.25, 0.3) is 0 Å². The van der Waals surface area contributed by atoms with Crippen LogP contribution in [0.4, 0.5) is 5.95 Å². The Bertz CT molecular complexity index is 1030. The van der Waals surface area contributed by atoms with Gasteiger partial charge in [0.15, 0.2) is 11.5 Å². The summed E-state index contributed by atoms with van der Waals surface area (Å²) in [5, 5.41) is 15.8. The molecule has 0 aliphatic heterocycles. The van der Waals surface area contributed by atoms with Crippen molar-refractivity contribution in [1.29, 1.82) is 0 Å². The summed E-state index contributed by atoms with van der Waals surface area (Å²) in [6.07, 6.45) is 1.73. The number of allylic oxidation sites excluding steroid dienone is 1. The molecule has 0 aliphatic rings. The molecule has 10 heteroatoms. The molecule has 0 aliphatic carbocycles. The van der Waals surface area contributed by atoms with E-state index in [1.165, 1.54) is 0 Å². The fourth-order valence-electron chi connectivity index (χ4n) is 2.64. The Kier molecular flexibility index (Phi) is 7.95. The summed E-state index contributed by atoms with van der Waals surface area (Å²) in [5.41, 5.74) is 1.87. The van der Waals surface area contributed by atoms with Gasteiger partial charge in [-0.2, -0.15) is 0 Å². The van der Waals surface area contributed by atoms with Gasteiger partial charge in [-0.3, -0.25) is 0 Å². The molecule has 0 saturated carbocycles. The molecule has 1 heterocycles. The van der Waals surface area contributed by atoms with Crippen LogP contribution >= 0.6 is 39.1 Å². The highest BCUT2D eigenvalue weighted by Crippen LogP contribution is 2.35. The van der Waals surface area contributed by atoms with E-state index in [2.05, 4.69) is 43.4 Å². The van der Waals surface area contributed by atoms with E-state index in [1.807, 2.05) is 25.1 Å². The van der Waals surface area contributed by atoms with Crippen molar-refractivity contribution in [3.05, 3.63) is 68.6 Å². The Morgan fingerprint density at radius 2 is 1.97 bits per heavy atom. The first-order valence-corrected chi connectivity index (χ1v) is 10.7. The Hall–Kier alpha value is -2.29. The summed E-state index contributed by atoms with van der Waals surface area (Å²) >= 11 is 15.7. The van der Waals surface area contributed by atoms with Crippen LogP contribution in [0.5, 0.6) is 11.5 Å². The zero-order chi connectivity index (χ0) is 21.5. The third-order valence-electron chi connectivity index (χ3n) is 4.06. The highest BCUT2D eigenvalue weighted by Gasteiger charge is 2.13. The minimum Gasteiger partial charge on any atom is -0.490 e. The number of benzene rings is 2. The fraction of sp³-hybridized carbons (Fsp3) is 0.250. The van der Waals surface area contributed by atoms with Crippen LogP contribution in [-0.2, 0) is 19.7 Å². The average Bonchev–Trinajstić information content (AvgIpc) is 3.17. The molecule has 30 heavy (non-hydrogen) atoms. The molecule has 7 nitrogen and oxygen atoms in total. The number of nitrogens with zero attached hydrogens (tertiary/aromatic N) is 4. The quantitative estimate of drug-likeness (QED) is 0.360. The molecule has 0 bridgehead atoms. The lowest BCUT2D eigenvalue weighted by atomic mass is 10.2. The number of tetrazole rings is 1. The molecule has 1 N–H and O–H groups in total. The molecular formula is C20H20BrCl2N5O2. The number of aromatic nitrogens is 4. The number of hydrogen-bond acceptors (Lipinski definition) is 6. The van der Waals surface area contributed by atoms with Crippen molar-refractivity contribution >= 4 is 45.1 Å². The maximum Gasteiger partial charge on any atom is 0.243 e. The number of rotatable bonds is 10. The van der Waals surface area contributed by atoms with Gasteiger partial charge in [-0.1, -0.05) is 56.4 Å². The number of hydrogen-bond donors (Lipinski definition) is 1. The summed E-state index contributed by atoms with van der Waals surface area (Å²) in [5.74, 6) is 1.82. The molecule has 0 atom stereocenters. The normalized spacial score (nSPS) is 10.7. The maximum absolute atomic E-state index is 6.08. The maximum atomic E-state index is 6.08. The summed E-state index contributed by atoms with van der Waals surface area (Å²) in [7, 11) is 0. The van der Waals surface area contributed by atoms with E-state index in [9.17, 15) is 0 Å². The van der Waals surface area contributed by atoms with Crippen LogP contribution < -0.4 is 14.8 Å². The van der Waals surface area contributed by atoms with Crippen molar-refractivity contribution in [2.24, 2.45) is 0 Å². The second kappa shape index (κ2) is 10.7. The van der Waals surface area contributed by atoms with E-state index in [4.69, 9.17) is 32.7 Å². The number of anilines is 1. The summed E-state index contributed by atoms with van der Waals surface area (Å²) in [4.78, 5) is 0. The van der Waals surface area contributed by atoms with Gasteiger partial charge in [-0.25, -0.2) is 4.68 Å². The van der Waals surface area contributed by atoms with Gasteiger partial charge in [0.2, 0.25) is 5.95 Å². The van der Waals surface area contributed by atoms with Gasteiger partial charge in [0.05, 0.1) is 23.2 Å². The van der Waals surface area contributed by atoms with Crippen LogP contribution in [0.1, 0.15) is 18.1 Å². The van der Waals surface area contributed by atoms with Gasteiger partial charge < -0.3 is 14.8 Å². The molecule has 2 aromatic carbocycles. The second-order valence-corrected chi connectivity index (χ2v) is 7.86. The molecule has 0 saturated heterocycles. The monoisotopic (exact) mass is 511 g/mol. The Labute approximate surface area is 193 Å². The van der Waals surface area contributed by atoms with Crippen molar-refractivity contribution < 1.29 is 9.47 Å². The van der Waals surface area contributed by atoms with E-state index in [1.54, 1.807) is 22.9 Å². The third-order valence-corrected chi connectivity index (χ3v) is 5.54. The topological polar surface area (TPSA) is 74.1 Å². The minimum absolute atomic E-state index is 0.331. The highest BCUT2D eigenvalue weighted by atomic mass is 79.9. The molecule has 1 aromatic heterocycles. The van der Waals surface area contributed by atoms with Gasteiger partial charge in [0, 0.05) is 11.0 Å². The van der Waals surface area contributed by atoms with Gasteiger partial charge in [0.1, 0.15) is 6.61 Å². The van der Waals surface area contributed by atoms with Crippen LogP contribution in [0.3, 0.4) is 0 Å². The van der Waals surface area contributed by atoms with Crippen molar-refractivity contribution in [3.63, 3.8) is 0 Å². The van der Waals surface area contributed by atoms with Crippen molar-refractivity contribution in [2.75, 3.05) is 11.9 Å². The number of ether oxygens (including phenoxy) is 2. The molecule has 0 spiro atoms. The van der Waals surface area contributed by atoms with Crippen LogP contribution in [0.15, 0.2) is 47.5 Å². The third kappa shape index (κ3) is 5.65. The van der Waals surface area contributed by atoms with E-state index in [0.29, 0.717) is 53.8 Å². The lowest BCUT2D eigenvalue weighted by molar-refractivity contribution is 0.269. The SMILES string of the molecule is C=CCn1nnnc1NCc1cc(OCC)c(OCc2ccc(Cl)c(Cl)c2)cc1Br. The summed E-state index contributed by atoms with van der Waals surface area (Å²) in [6.45, 7) is 7.47. The first-order valence-electron chi connectivity index (χ1n) is 9.14. The molecule has 0 fully saturated rings. The van der Waals surface area contributed by atoms with Crippen LogP contribution in [-0.4, -0.2) is 26.8 Å². The Morgan fingerprint density at radius 1 is 1.17 bits per heavy atom. The smallest absolute Gasteiger partial charge is 0.243 e. The highest BCUT2D eigenvalue weighted by molar-refractivity contribution is 9.10. The fourth-order valence-corrected chi connectivity index (χ4v) is 3.42. The van der Waals surface area contributed by atoms with E-state index >= 15 is 0 Å². The van der Waals surface area contributed by atoms with Crippen LogP contribution in [0, 0.1) is 0 Å². The lowest BCUT2D eigenvalue weighted by Crippen LogP contribution is -2.09. The van der Waals surface area contributed by atoms with Crippen molar-refractivity contribution in [3.8, 4) is 11.5 Å². The minimum atomic E-state index is 0.331. The van der Waals surface area contributed by atoms with Crippen LogP contribution in [0.25, 0.3) is 0 Å². The molecule has 0 unspecified atom stereocenters. The molecule has 0 amide bonds. The van der Waals surface area contributed by atoms with Gasteiger partial charge in [-0.05, 0) is 52.7 Å². The van der Waals surface area contributed by atoms with E-state index < -0.39 is 0 Å². The predicted octanol–water partition coefficient (Wildman–Crippen LogP) is 5.52. The standard InChI is InChI=1S/C20H20BrCl2N5O2/c1-3-7-28-20(25-26-27-28)24-11-14-9-18(29-4-2)19(10-15(14)21)30-12-13-5-6-16(22)17(23)8-13/h3,5-6,8-10H,1,4,7,11-12H2,2H3,(H,24,25,27). The first-order chi connectivity index (χ1) is 14.5. The van der Waals surface area contributed by atoms with Crippen molar-refractivity contribution in [2.45, 2.75) is 26.6 Å². The summed E-state index contributed by atoms with van der Waals surface area (Å²) in [6, 6.07) is 9.20. The molecular weight excluding hydrogens is 493 g/mol. The Morgan fingerprint density at radius 3 is 2.70 bits per heavy atom. The van der Waals surface area contributed by atoms with Gasteiger partial charge >= 0.3 is 0 Å². The van der Waals surface area contributed by atoms with E-state index in [-0.39, 0.29) is 0 Å². The van der Waals surface area contributed by atoms with Gasteiger partial charge in [-0.15, -0.1) is 6.58 Å². The van der Waals surface area contributed by atoms with Crippen LogP contribution in [0.2, 0.25) is 10.0 Å². The average molecular weight is 513 g/mol. The molecule has 3 aromatic rings. The predicted molar refractivity (Wildman–Crippen MR) is 121 cm³/mol. The van der Waals surface area contributed by atoms with E-state index in [0.717, 1.165) is 15.6 Å². The summed E-state index contributed by atoms with van der Waals surface area (Å²) < 4.78 is 14.3. The zero-order valence-corrected chi connectivity index (χ0v) is 19.3.